The van der Waals surface area contributed by atoms with Crippen molar-refractivity contribution < 1.29 is 13.2 Å². The summed E-state index contributed by atoms with van der Waals surface area (Å²) in [4.78, 5) is 4.01. The maximum atomic E-state index is 12.6. The highest BCUT2D eigenvalue weighted by Crippen LogP contribution is 2.32. The van der Waals surface area contributed by atoms with E-state index in [9.17, 15) is 13.2 Å². The molecule has 0 amide bonds. The summed E-state index contributed by atoms with van der Waals surface area (Å²) < 4.78 is 37.7. The smallest absolute Gasteiger partial charge is 0.244 e. The van der Waals surface area contributed by atoms with Gasteiger partial charge in [0.05, 0.1) is 5.56 Å². The highest BCUT2D eigenvalue weighted by molar-refractivity contribution is 6.34. The van der Waals surface area contributed by atoms with E-state index in [0.717, 1.165) is 28.5 Å². The van der Waals surface area contributed by atoms with Crippen molar-refractivity contribution in [3.63, 3.8) is 0 Å². The first-order valence-electron chi connectivity index (χ1n) is 6.17. The van der Waals surface area contributed by atoms with E-state index in [1.807, 2.05) is 24.3 Å². The Labute approximate surface area is 124 Å². The third-order valence-corrected chi connectivity index (χ3v) is 3.56. The van der Waals surface area contributed by atoms with Gasteiger partial charge >= 0.3 is 6.18 Å². The third-order valence-electron chi connectivity index (χ3n) is 3.26. The molecule has 3 rings (SSSR count). The first-order valence-corrected chi connectivity index (χ1v) is 6.55. The highest BCUT2D eigenvalue weighted by atomic mass is 35.5. The summed E-state index contributed by atoms with van der Waals surface area (Å²) in [6.07, 6.45) is -2.71. The van der Waals surface area contributed by atoms with Crippen LogP contribution in [-0.4, -0.2) is 4.98 Å². The van der Waals surface area contributed by atoms with Crippen molar-refractivity contribution in [2.24, 2.45) is 0 Å². The molecule has 0 saturated carbocycles. The van der Waals surface area contributed by atoms with E-state index in [1.165, 1.54) is 12.1 Å². The number of aromatic nitrogens is 1. The summed E-state index contributed by atoms with van der Waals surface area (Å²) in [5.74, 6) is 0. The largest absolute Gasteiger partial charge is 0.416 e. The maximum absolute atomic E-state index is 12.6. The van der Waals surface area contributed by atoms with E-state index in [2.05, 4.69) is 4.98 Å². The summed E-state index contributed by atoms with van der Waals surface area (Å²) >= 11 is 6.04. The van der Waals surface area contributed by atoms with E-state index in [4.69, 9.17) is 11.6 Å². The topological polar surface area (TPSA) is 12.9 Å². The zero-order chi connectivity index (χ0) is 15.0. The van der Waals surface area contributed by atoms with Gasteiger partial charge in [0.25, 0.3) is 0 Å². The van der Waals surface area contributed by atoms with Crippen molar-refractivity contribution in [3.8, 4) is 11.1 Å². The van der Waals surface area contributed by atoms with Crippen LogP contribution in [0.15, 0.2) is 54.7 Å². The molecule has 1 heterocycles. The van der Waals surface area contributed by atoms with Gasteiger partial charge in [0, 0.05) is 11.6 Å². The highest BCUT2D eigenvalue weighted by Gasteiger charge is 2.29. The van der Waals surface area contributed by atoms with Gasteiger partial charge < -0.3 is 0 Å². The fraction of sp³-hybridized carbons (Fsp3) is 0.0625. The lowest BCUT2D eigenvalue weighted by molar-refractivity contribution is -0.137. The molecule has 0 N–H and O–H groups in total. The lowest BCUT2D eigenvalue weighted by Gasteiger charge is -2.08. The van der Waals surface area contributed by atoms with Crippen LogP contribution in [0.3, 0.4) is 0 Å². The Kier molecular flexibility index (Phi) is 3.33. The van der Waals surface area contributed by atoms with Crippen molar-refractivity contribution in [1.29, 1.82) is 0 Å². The fourth-order valence-electron chi connectivity index (χ4n) is 2.16. The second-order valence-electron chi connectivity index (χ2n) is 4.61. The first-order chi connectivity index (χ1) is 9.95. The molecule has 5 heteroatoms. The number of halogens is 4. The Morgan fingerprint density at radius 1 is 0.857 bits per heavy atom. The van der Waals surface area contributed by atoms with Crippen LogP contribution < -0.4 is 0 Å². The van der Waals surface area contributed by atoms with Crippen LogP contribution in [0.2, 0.25) is 5.15 Å². The van der Waals surface area contributed by atoms with Crippen LogP contribution in [0.1, 0.15) is 5.56 Å². The lowest BCUT2D eigenvalue weighted by atomic mass is 10.0. The number of rotatable bonds is 1. The lowest BCUT2D eigenvalue weighted by Crippen LogP contribution is -2.03. The minimum Gasteiger partial charge on any atom is -0.244 e. The molecular formula is C16H9ClF3N. The van der Waals surface area contributed by atoms with E-state index in [0.29, 0.717) is 10.7 Å². The molecule has 3 aromatic rings. The quantitative estimate of drug-likeness (QED) is 0.535. The van der Waals surface area contributed by atoms with Gasteiger partial charge in [0.2, 0.25) is 0 Å². The monoisotopic (exact) mass is 307 g/mol. The molecule has 0 aliphatic rings. The van der Waals surface area contributed by atoms with Crippen LogP contribution in [-0.2, 0) is 6.18 Å². The number of fused-ring (bicyclic) bond motifs is 1. The number of nitrogens with zero attached hydrogens (tertiary/aromatic N) is 1. The molecular weight excluding hydrogens is 299 g/mol. The maximum Gasteiger partial charge on any atom is 0.416 e. The van der Waals surface area contributed by atoms with Crippen molar-refractivity contribution in [2.45, 2.75) is 6.18 Å². The number of hydrogen-bond donors (Lipinski definition) is 0. The number of pyridine rings is 1. The third kappa shape index (κ3) is 2.72. The van der Waals surface area contributed by atoms with E-state index < -0.39 is 11.7 Å². The SMILES string of the molecule is FC(F)(F)c1ccc(-c2ccc3ccnc(Cl)c3c2)cc1. The molecule has 0 fully saturated rings. The molecule has 0 radical (unpaired) electrons. The second-order valence-corrected chi connectivity index (χ2v) is 4.97. The molecule has 1 aromatic heterocycles. The van der Waals surface area contributed by atoms with E-state index >= 15 is 0 Å². The summed E-state index contributed by atoms with van der Waals surface area (Å²) in [6, 6.07) is 12.4. The Morgan fingerprint density at radius 2 is 1.52 bits per heavy atom. The van der Waals surface area contributed by atoms with E-state index in [1.54, 1.807) is 6.20 Å². The molecule has 0 spiro atoms. The summed E-state index contributed by atoms with van der Waals surface area (Å²) in [5, 5.41) is 2.09. The molecule has 0 atom stereocenters. The van der Waals surface area contributed by atoms with Gasteiger partial charge in [0.15, 0.2) is 0 Å². The van der Waals surface area contributed by atoms with Crippen LogP contribution in [0.25, 0.3) is 21.9 Å². The predicted molar refractivity (Wildman–Crippen MR) is 77.2 cm³/mol. The van der Waals surface area contributed by atoms with Crippen molar-refractivity contribution in [1.82, 2.24) is 4.98 Å². The number of alkyl halides is 3. The first kappa shape index (κ1) is 13.9. The number of hydrogen-bond acceptors (Lipinski definition) is 1. The molecule has 0 bridgehead atoms. The Balaban J connectivity index is 2.06. The van der Waals surface area contributed by atoms with Gasteiger partial charge in [-0.2, -0.15) is 13.2 Å². The Hall–Kier alpha value is -2.07. The predicted octanol–water partition coefficient (Wildman–Crippen LogP) is 5.57. The van der Waals surface area contributed by atoms with Gasteiger partial charge in [-0.25, -0.2) is 4.98 Å². The molecule has 106 valence electrons. The Bertz CT molecular complexity index is 795. The minimum absolute atomic E-state index is 0.376. The molecule has 2 aromatic carbocycles. The molecule has 0 unspecified atom stereocenters. The number of benzene rings is 2. The van der Waals surface area contributed by atoms with Crippen LogP contribution in [0.5, 0.6) is 0 Å². The van der Waals surface area contributed by atoms with Gasteiger partial charge in [-0.15, -0.1) is 0 Å². The second kappa shape index (κ2) is 5.04. The van der Waals surface area contributed by atoms with Crippen molar-refractivity contribution >= 4 is 22.4 Å². The fourth-order valence-corrected chi connectivity index (χ4v) is 2.38. The average Bonchev–Trinajstić information content (AvgIpc) is 2.47. The minimum atomic E-state index is -4.32. The van der Waals surface area contributed by atoms with Gasteiger partial charge in [-0.3, -0.25) is 0 Å². The van der Waals surface area contributed by atoms with Crippen molar-refractivity contribution in [2.75, 3.05) is 0 Å². The summed E-state index contributed by atoms with van der Waals surface area (Å²) in [7, 11) is 0. The zero-order valence-electron chi connectivity index (χ0n) is 10.7. The molecule has 21 heavy (non-hydrogen) atoms. The molecule has 0 aliphatic carbocycles. The standard InChI is InChI=1S/C16H9ClF3N/c17-15-14-9-12(2-1-11(14)7-8-21-15)10-3-5-13(6-4-10)16(18,19)20/h1-9H. The summed E-state index contributed by atoms with van der Waals surface area (Å²) in [6.45, 7) is 0. The van der Waals surface area contributed by atoms with Gasteiger partial charge in [-0.05, 0) is 40.8 Å². The van der Waals surface area contributed by atoms with Gasteiger partial charge in [0.1, 0.15) is 5.15 Å². The zero-order valence-corrected chi connectivity index (χ0v) is 11.4. The van der Waals surface area contributed by atoms with Crippen LogP contribution in [0, 0.1) is 0 Å². The van der Waals surface area contributed by atoms with Crippen molar-refractivity contribution in [3.05, 3.63) is 65.4 Å². The van der Waals surface area contributed by atoms with E-state index in [-0.39, 0.29) is 0 Å². The molecule has 0 aliphatic heterocycles. The summed E-state index contributed by atoms with van der Waals surface area (Å²) in [5.41, 5.74) is 0.836. The van der Waals surface area contributed by atoms with Gasteiger partial charge in [-0.1, -0.05) is 35.9 Å². The van der Waals surface area contributed by atoms with Crippen LogP contribution in [0.4, 0.5) is 13.2 Å². The van der Waals surface area contributed by atoms with Crippen LogP contribution >= 0.6 is 11.6 Å². The normalized spacial score (nSPS) is 11.8. The molecule has 1 nitrogen and oxygen atoms in total. The molecule has 0 saturated heterocycles. The average molecular weight is 308 g/mol. The Morgan fingerprint density at radius 3 is 2.19 bits per heavy atom.